The molecule has 1 aromatic rings. The van der Waals surface area contributed by atoms with Crippen LogP contribution in [0.1, 0.15) is 44.9 Å². The molecule has 152 valence electrons. The second kappa shape index (κ2) is 9.53. The maximum absolute atomic E-state index is 13.3. The van der Waals surface area contributed by atoms with Gasteiger partial charge in [0.25, 0.3) is 0 Å². The average molecular weight is 404 g/mol. The van der Waals surface area contributed by atoms with Crippen LogP contribution in [-0.4, -0.2) is 55.9 Å². The first-order chi connectivity index (χ1) is 13.5. The molecular weight excluding hydrogens is 374 g/mol. The molecule has 28 heavy (non-hydrogen) atoms. The van der Waals surface area contributed by atoms with Crippen LogP contribution in [0.3, 0.4) is 0 Å². The first-order valence-electron chi connectivity index (χ1n) is 10.2. The number of carbonyl (C=O) groups is 1. The van der Waals surface area contributed by atoms with Crippen LogP contribution in [0.15, 0.2) is 30.3 Å². The number of benzene rings is 1. The van der Waals surface area contributed by atoms with Crippen molar-refractivity contribution in [3.8, 4) is 6.07 Å². The number of para-hydroxylation sites is 1. The Morgan fingerprint density at radius 3 is 2.29 bits per heavy atom. The SMILES string of the molecule is N#CCN(CC(=O)N(c1ccccc1)C1CCS(=O)(=O)C1)C1CCCCCC1. The van der Waals surface area contributed by atoms with Gasteiger partial charge in [-0.1, -0.05) is 43.9 Å². The highest BCUT2D eigenvalue weighted by atomic mass is 32.2. The molecule has 1 amide bonds. The number of amides is 1. The zero-order chi connectivity index (χ0) is 20.0. The van der Waals surface area contributed by atoms with Crippen molar-refractivity contribution < 1.29 is 13.2 Å². The van der Waals surface area contributed by atoms with Gasteiger partial charge in [0.05, 0.1) is 36.7 Å². The summed E-state index contributed by atoms with van der Waals surface area (Å²) in [4.78, 5) is 17.0. The van der Waals surface area contributed by atoms with Gasteiger partial charge in [0, 0.05) is 11.7 Å². The van der Waals surface area contributed by atoms with Crippen LogP contribution in [0.5, 0.6) is 0 Å². The van der Waals surface area contributed by atoms with Crippen molar-refractivity contribution in [3.05, 3.63) is 30.3 Å². The van der Waals surface area contributed by atoms with Crippen molar-refractivity contribution in [2.45, 2.75) is 57.0 Å². The Morgan fingerprint density at radius 1 is 1.04 bits per heavy atom. The molecule has 1 aliphatic carbocycles. The van der Waals surface area contributed by atoms with E-state index in [4.69, 9.17) is 0 Å². The Morgan fingerprint density at radius 2 is 1.71 bits per heavy atom. The molecule has 0 aromatic heterocycles. The van der Waals surface area contributed by atoms with E-state index in [1.54, 1.807) is 4.90 Å². The second-order valence-electron chi connectivity index (χ2n) is 7.86. The minimum atomic E-state index is -3.11. The largest absolute Gasteiger partial charge is 0.307 e. The Bertz CT molecular complexity index is 796. The smallest absolute Gasteiger partial charge is 0.241 e. The minimum Gasteiger partial charge on any atom is -0.307 e. The average Bonchev–Trinajstić information content (AvgIpc) is 2.87. The van der Waals surface area contributed by atoms with Crippen LogP contribution in [-0.2, 0) is 14.6 Å². The van der Waals surface area contributed by atoms with E-state index >= 15 is 0 Å². The summed E-state index contributed by atoms with van der Waals surface area (Å²) in [6.45, 7) is 0.381. The van der Waals surface area contributed by atoms with Gasteiger partial charge in [0.2, 0.25) is 5.91 Å². The molecule has 2 fully saturated rings. The van der Waals surface area contributed by atoms with E-state index in [1.165, 1.54) is 12.8 Å². The number of sulfone groups is 1. The molecule has 1 aromatic carbocycles. The molecule has 0 spiro atoms. The second-order valence-corrected chi connectivity index (χ2v) is 10.1. The third kappa shape index (κ3) is 5.33. The fourth-order valence-corrected chi connectivity index (χ4v) is 6.10. The number of hydrogen-bond acceptors (Lipinski definition) is 5. The van der Waals surface area contributed by atoms with Gasteiger partial charge in [-0.15, -0.1) is 0 Å². The van der Waals surface area contributed by atoms with Gasteiger partial charge in [0.1, 0.15) is 0 Å². The van der Waals surface area contributed by atoms with Crippen LogP contribution < -0.4 is 4.90 Å². The van der Waals surface area contributed by atoms with Crippen molar-refractivity contribution in [3.63, 3.8) is 0 Å². The Labute approximate surface area is 168 Å². The van der Waals surface area contributed by atoms with Crippen LogP contribution >= 0.6 is 0 Å². The van der Waals surface area contributed by atoms with E-state index in [-0.39, 0.29) is 42.6 Å². The highest BCUT2D eigenvalue weighted by Crippen LogP contribution is 2.26. The highest BCUT2D eigenvalue weighted by molar-refractivity contribution is 7.91. The molecule has 0 bridgehead atoms. The van der Waals surface area contributed by atoms with Gasteiger partial charge in [-0.25, -0.2) is 8.42 Å². The van der Waals surface area contributed by atoms with Crippen LogP contribution in [0.25, 0.3) is 0 Å². The predicted octanol–water partition coefficient (Wildman–Crippen LogP) is 2.76. The fraction of sp³-hybridized carbons (Fsp3) is 0.619. The molecule has 1 unspecified atom stereocenters. The van der Waals surface area contributed by atoms with E-state index in [2.05, 4.69) is 6.07 Å². The molecule has 1 saturated heterocycles. The molecule has 6 nitrogen and oxygen atoms in total. The van der Waals surface area contributed by atoms with Gasteiger partial charge in [-0.3, -0.25) is 9.69 Å². The lowest BCUT2D eigenvalue weighted by Crippen LogP contribution is -2.49. The third-order valence-electron chi connectivity index (χ3n) is 5.83. The van der Waals surface area contributed by atoms with Crippen molar-refractivity contribution >= 4 is 21.4 Å². The molecule has 3 rings (SSSR count). The summed E-state index contributed by atoms with van der Waals surface area (Å²) in [6, 6.07) is 11.4. The monoisotopic (exact) mass is 403 g/mol. The molecule has 7 heteroatoms. The third-order valence-corrected chi connectivity index (χ3v) is 7.58. The normalized spacial score (nSPS) is 22.5. The van der Waals surface area contributed by atoms with Crippen LogP contribution in [0.2, 0.25) is 0 Å². The number of carbonyl (C=O) groups excluding carboxylic acids is 1. The molecule has 0 radical (unpaired) electrons. The summed E-state index contributed by atoms with van der Waals surface area (Å²) in [6.07, 6.45) is 7.16. The number of rotatable bonds is 6. The van der Waals surface area contributed by atoms with Crippen LogP contribution in [0.4, 0.5) is 5.69 Å². The van der Waals surface area contributed by atoms with E-state index < -0.39 is 9.84 Å². The maximum atomic E-state index is 13.3. The number of hydrogen-bond donors (Lipinski definition) is 0. The first kappa shape index (κ1) is 20.8. The van der Waals surface area contributed by atoms with Crippen molar-refractivity contribution in [2.24, 2.45) is 0 Å². The topological polar surface area (TPSA) is 81.5 Å². The molecule has 1 aliphatic heterocycles. The maximum Gasteiger partial charge on any atom is 0.241 e. The number of anilines is 1. The summed E-state index contributed by atoms with van der Waals surface area (Å²) >= 11 is 0. The van der Waals surface area contributed by atoms with E-state index in [0.29, 0.717) is 6.42 Å². The molecular formula is C21H29N3O3S. The predicted molar refractivity (Wildman–Crippen MR) is 110 cm³/mol. The summed E-state index contributed by atoms with van der Waals surface area (Å²) in [5.41, 5.74) is 0.729. The molecule has 0 N–H and O–H groups in total. The molecule has 1 saturated carbocycles. The van der Waals surface area contributed by atoms with Gasteiger partial charge in [-0.05, 0) is 31.4 Å². The van der Waals surface area contributed by atoms with Crippen molar-refractivity contribution in [1.82, 2.24) is 4.90 Å². The van der Waals surface area contributed by atoms with Crippen LogP contribution in [0, 0.1) is 11.3 Å². The van der Waals surface area contributed by atoms with Gasteiger partial charge < -0.3 is 4.90 Å². The minimum absolute atomic E-state index is 0.00924. The van der Waals surface area contributed by atoms with E-state index in [9.17, 15) is 18.5 Å². The summed E-state index contributed by atoms with van der Waals surface area (Å²) < 4.78 is 24.0. The number of nitriles is 1. The summed E-state index contributed by atoms with van der Waals surface area (Å²) in [5, 5.41) is 9.29. The quantitative estimate of drug-likeness (QED) is 0.539. The fourth-order valence-electron chi connectivity index (χ4n) is 4.40. The Hall–Kier alpha value is -1.91. The number of nitrogens with zero attached hydrogens (tertiary/aromatic N) is 3. The van der Waals surface area contributed by atoms with E-state index in [0.717, 1.165) is 31.4 Å². The van der Waals surface area contributed by atoms with Crippen molar-refractivity contribution in [2.75, 3.05) is 29.5 Å². The highest BCUT2D eigenvalue weighted by Gasteiger charge is 2.36. The summed E-state index contributed by atoms with van der Waals surface area (Å²) in [5.74, 6) is 0.0153. The van der Waals surface area contributed by atoms with E-state index in [1.807, 2.05) is 35.2 Å². The first-order valence-corrected chi connectivity index (χ1v) is 12.0. The standard InChI is InChI=1S/C21H29N3O3S/c22-13-14-23(18-8-4-1-2-5-9-18)16-21(25)24(19-10-6-3-7-11-19)20-12-15-28(26,27)17-20/h3,6-7,10-11,18,20H,1-2,4-5,8-9,12,14-17H2. The molecule has 1 heterocycles. The van der Waals surface area contributed by atoms with Crippen molar-refractivity contribution in [1.29, 1.82) is 5.26 Å². The Kier molecular flexibility index (Phi) is 7.08. The lowest BCUT2D eigenvalue weighted by molar-refractivity contribution is -0.120. The zero-order valence-corrected chi connectivity index (χ0v) is 17.1. The Balaban J connectivity index is 1.80. The lowest BCUT2D eigenvalue weighted by atomic mass is 10.1. The molecule has 1 atom stereocenters. The van der Waals surface area contributed by atoms with Gasteiger partial charge in [0.15, 0.2) is 9.84 Å². The zero-order valence-electron chi connectivity index (χ0n) is 16.3. The molecule has 2 aliphatic rings. The van der Waals surface area contributed by atoms with Gasteiger partial charge in [-0.2, -0.15) is 5.26 Å². The summed E-state index contributed by atoms with van der Waals surface area (Å²) in [7, 11) is -3.11. The lowest BCUT2D eigenvalue weighted by Gasteiger charge is -2.33. The van der Waals surface area contributed by atoms with Gasteiger partial charge >= 0.3 is 0 Å².